The summed E-state index contributed by atoms with van der Waals surface area (Å²) < 4.78 is 0. The summed E-state index contributed by atoms with van der Waals surface area (Å²) in [5.74, 6) is 0. The molecule has 0 amide bonds. The Hall–Kier alpha value is -2.26. The van der Waals surface area contributed by atoms with E-state index >= 15 is 0 Å². The summed E-state index contributed by atoms with van der Waals surface area (Å²) in [6, 6.07) is 38.0. The van der Waals surface area contributed by atoms with Gasteiger partial charge in [-0.25, -0.2) is 0 Å². The maximum atomic E-state index is 2.43. The zero-order valence-corrected chi connectivity index (χ0v) is 23.2. The van der Waals surface area contributed by atoms with Crippen LogP contribution < -0.4 is 21.2 Å². The minimum absolute atomic E-state index is 0.250. The van der Waals surface area contributed by atoms with Gasteiger partial charge in [-0.15, -0.1) is 0 Å². The fourth-order valence-corrected chi connectivity index (χ4v) is 13.5. The van der Waals surface area contributed by atoms with E-state index in [1.807, 2.05) is 0 Å². The second-order valence-corrected chi connectivity index (χ2v) is 15.7. The molecule has 4 aromatic carbocycles. The van der Waals surface area contributed by atoms with E-state index in [1.165, 1.54) is 69.2 Å². The first-order valence-corrected chi connectivity index (χ1v) is 15.5. The van der Waals surface area contributed by atoms with E-state index < -0.39 is 15.8 Å². The Morgan fingerprint density at radius 1 is 0.400 bits per heavy atom. The summed E-state index contributed by atoms with van der Waals surface area (Å²) in [5.41, 5.74) is 5.36. The fraction of sp³-hybridized carbons (Fsp3) is 0.273. The van der Waals surface area contributed by atoms with Gasteiger partial charge in [-0.05, 0) is 77.6 Å². The molecule has 1 aliphatic carbocycles. The molecular formula is C33H36P2. The first-order chi connectivity index (χ1) is 17.0. The third kappa shape index (κ3) is 5.03. The van der Waals surface area contributed by atoms with E-state index in [4.69, 9.17) is 0 Å². The molecule has 0 heterocycles. The van der Waals surface area contributed by atoms with Crippen LogP contribution >= 0.6 is 15.8 Å². The highest BCUT2D eigenvalue weighted by Gasteiger charge is 2.49. The minimum atomic E-state index is -0.534. The van der Waals surface area contributed by atoms with Crippen molar-refractivity contribution in [3.05, 3.63) is 119 Å². The van der Waals surface area contributed by atoms with Crippen LogP contribution in [-0.4, -0.2) is 4.90 Å². The molecule has 1 saturated carbocycles. The van der Waals surface area contributed by atoms with Gasteiger partial charge in [0, 0.05) is 4.90 Å². The molecule has 1 fully saturated rings. The Kier molecular flexibility index (Phi) is 7.25. The Bertz CT molecular complexity index is 1060. The fourth-order valence-electron chi connectivity index (χ4n) is 5.52. The average molecular weight is 495 g/mol. The van der Waals surface area contributed by atoms with Crippen molar-refractivity contribution < 1.29 is 0 Å². The molecular weight excluding hydrogens is 458 g/mol. The third-order valence-corrected chi connectivity index (χ3v) is 14.4. The predicted octanol–water partition coefficient (Wildman–Crippen LogP) is 7.76. The summed E-state index contributed by atoms with van der Waals surface area (Å²) in [4.78, 5) is 0.250. The highest BCUT2D eigenvalue weighted by molar-refractivity contribution is 7.91. The van der Waals surface area contributed by atoms with Gasteiger partial charge < -0.3 is 0 Å². The number of hydrogen-bond donors (Lipinski definition) is 0. The third-order valence-electron chi connectivity index (χ3n) is 7.41. The van der Waals surface area contributed by atoms with Gasteiger partial charge >= 0.3 is 0 Å². The van der Waals surface area contributed by atoms with E-state index in [2.05, 4.69) is 125 Å². The molecule has 178 valence electrons. The molecule has 0 aromatic heterocycles. The van der Waals surface area contributed by atoms with Crippen LogP contribution in [0.2, 0.25) is 0 Å². The highest BCUT2D eigenvalue weighted by atomic mass is 31.2. The predicted molar refractivity (Wildman–Crippen MR) is 158 cm³/mol. The maximum Gasteiger partial charge on any atom is 0.0267 e. The van der Waals surface area contributed by atoms with Crippen molar-refractivity contribution in [1.82, 2.24) is 0 Å². The molecule has 0 spiro atoms. The van der Waals surface area contributed by atoms with E-state index in [0.29, 0.717) is 0 Å². The zero-order valence-electron chi connectivity index (χ0n) is 21.5. The van der Waals surface area contributed by atoms with E-state index in [9.17, 15) is 0 Å². The second kappa shape index (κ2) is 10.4. The standard InChI is InChI=1S/C33H36P2/c1-25-7-15-29(16-8-25)34(30-17-9-26(2)10-18-30)33(23-5-6-24-33)35(31-19-11-27(3)12-20-31)32-21-13-28(4)14-22-32/h7-22H,5-6,23-24H2,1-4H3. The number of hydrogen-bond acceptors (Lipinski definition) is 0. The van der Waals surface area contributed by atoms with Crippen molar-refractivity contribution in [2.24, 2.45) is 0 Å². The van der Waals surface area contributed by atoms with Crippen LogP contribution in [0.15, 0.2) is 97.1 Å². The largest absolute Gasteiger partial charge is 0.0587 e. The minimum Gasteiger partial charge on any atom is -0.0587 e. The number of benzene rings is 4. The van der Waals surface area contributed by atoms with Crippen molar-refractivity contribution in [3.8, 4) is 0 Å². The van der Waals surface area contributed by atoms with Crippen LogP contribution in [0.5, 0.6) is 0 Å². The molecule has 35 heavy (non-hydrogen) atoms. The smallest absolute Gasteiger partial charge is 0.0267 e. The van der Waals surface area contributed by atoms with Crippen molar-refractivity contribution in [2.45, 2.75) is 58.3 Å². The molecule has 0 bridgehead atoms. The van der Waals surface area contributed by atoms with Crippen LogP contribution in [0, 0.1) is 27.7 Å². The van der Waals surface area contributed by atoms with Gasteiger partial charge in [-0.2, -0.15) is 0 Å². The van der Waals surface area contributed by atoms with E-state index in [-0.39, 0.29) is 4.90 Å². The Morgan fingerprint density at radius 3 is 0.857 bits per heavy atom. The molecule has 0 nitrogen and oxygen atoms in total. The number of aryl methyl sites for hydroxylation is 4. The molecule has 0 aliphatic heterocycles. The van der Waals surface area contributed by atoms with Gasteiger partial charge in [-0.3, -0.25) is 0 Å². The van der Waals surface area contributed by atoms with Crippen LogP contribution in [0.1, 0.15) is 47.9 Å². The van der Waals surface area contributed by atoms with Gasteiger partial charge in [0.05, 0.1) is 0 Å². The maximum absolute atomic E-state index is 2.43. The lowest BCUT2D eigenvalue weighted by Gasteiger charge is -2.45. The molecule has 0 N–H and O–H groups in total. The molecule has 0 atom stereocenters. The highest BCUT2D eigenvalue weighted by Crippen LogP contribution is 2.71. The normalized spacial score (nSPS) is 15.1. The zero-order chi connectivity index (χ0) is 24.4. The van der Waals surface area contributed by atoms with Crippen LogP contribution in [0.25, 0.3) is 0 Å². The lowest BCUT2D eigenvalue weighted by Crippen LogP contribution is -2.37. The number of rotatable bonds is 6. The Balaban J connectivity index is 1.76. The molecule has 4 aromatic rings. The summed E-state index contributed by atoms with van der Waals surface area (Å²) in [5, 5.41) is 6.12. The monoisotopic (exact) mass is 494 g/mol. The second-order valence-electron chi connectivity index (χ2n) is 10.2. The molecule has 0 radical (unpaired) electrons. The van der Waals surface area contributed by atoms with Crippen LogP contribution in [0.4, 0.5) is 0 Å². The molecule has 5 rings (SSSR count). The van der Waals surface area contributed by atoms with Crippen LogP contribution in [0.3, 0.4) is 0 Å². The van der Waals surface area contributed by atoms with Crippen molar-refractivity contribution in [3.63, 3.8) is 0 Å². The van der Waals surface area contributed by atoms with Crippen LogP contribution in [-0.2, 0) is 0 Å². The quantitative estimate of drug-likeness (QED) is 0.240. The first-order valence-electron chi connectivity index (χ1n) is 12.8. The lowest BCUT2D eigenvalue weighted by molar-refractivity contribution is 0.825. The topological polar surface area (TPSA) is 0 Å². The van der Waals surface area contributed by atoms with Crippen molar-refractivity contribution in [1.29, 1.82) is 0 Å². The molecule has 0 saturated heterocycles. The molecule has 0 unspecified atom stereocenters. The summed E-state index contributed by atoms with van der Waals surface area (Å²) >= 11 is 0. The van der Waals surface area contributed by atoms with E-state index in [1.54, 1.807) is 0 Å². The summed E-state index contributed by atoms with van der Waals surface area (Å²) in [6.45, 7) is 8.81. The average Bonchev–Trinajstić information content (AvgIpc) is 3.34. The molecule has 1 aliphatic rings. The molecule has 2 heteroatoms. The van der Waals surface area contributed by atoms with Gasteiger partial charge in [0.25, 0.3) is 0 Å². The van der Waals surface area contributed by atoms with Gasteiger partial charge in [0.15, 0.2) is 0 Å². The Labute approximate surface area is 214 Å². The van der Waals surface area contributed by atoms with Gasteiger partial charge in [0.1, 0.15) is 0 Å². The van der Waals surface area contributed by atoms with Crippen molar-refractivity contribution in [2.75, 3.05) is 0 Å². The summed E-state index contributed by atoms with van der Waals surface area (Å²) in [7, 11) is -1.07. The SMILES string of the molecule is Cc1ccc(P(c2ccc(C)cc2)C2(P(c3ccc(C)cc3)c3ccc(C)cc3)CCCC2)cc1. The lowest BCUT2D eigenvalue weighted by atomic mass is 10.2. The van der Waals surface area contributed by atoms with Gasteiger partial charge in [0.2, 0.25) is 0 Å². The van der Waals surface area contributed by atoms with Crippen molar-refractivity contribution >= 4 is 37.1 Å². The first kappa shape index (κ1) is 24.4. The van der Waals surface area contributed by atoms with E-state index in [0.717, 1.165) is 0 Å². The summed E-state index contributed by atoms with van der Waals surface area (Å²) in [6.07, 6.45) is 5.25. The Morgan fingerprint density at radius 2 is 0.629 bits per heavy atom. The van der Waals surface area contributed by atoms with Gasteiger partial charge in [-0.1, -0.05) is 132 Å².